The fourth-order valence-corrected chi connectivity index (χ4v) is 13.7. The number of carbonyl (C=O) groups is 2. The molecular formula is C44H46BrNO5Si. The SMILES string of the molecule is CN1C(=O)[C@@H]2[C@@H](CC(CO[Si](c3ccccc3)(c3ccccc3)C(C)(C)C)=C3[C@@H](CC/C(=C/c4cc(Br)ccc4O)c4ccccc4)OC[C@@H]32)C1=O. The topological polar surface area (TPSA) is 76.1 Å². The molecule has 52 heavy (non-hydrogen) atoms. The second-order valence-corrected chi connectivity index (χ2v) is 20.5. The van der Waals surface area contributed by atoms with Crippen LogP contribution in [0.5, 0.6) is 5.75 Å². The second kappa shape index (κ2) is 14.7. The van der Waals surface area contributed by atoms with Crippen LogP contribution < -0.4 is 10.4 Å². The summed E-state index contributed by atoms with van der Waals surface area (Å²) in [6, 6.07) is 36.9. The second-order valence-electron chi connectivity index (χ2n) is 15.3. The number of amides is 2. The van der Waals surface area contributed by atoms with Crippen molar-refractivity contribution >= 4 is 58.1 Å². The van der Waals surface area contributed by atoms with Gasteiger partial charge in [0.2, 0.25) is 11.8 Å². The first-order chi connectivity index (χ1) is 25.0. The minimum absolute atomic E-state index is 0.108. The van der Waals surface area contributed by atoms with Crippen molar-refractivity contribution in [2.45, 2.75) is 51.2 Å². The van der Waals surface area contributed by atoms with Crippen molar-refractivity contribution in [1.29, 1.82) is 0 Å². The van der Waals surface area contributed by atoms with E-state index in [2.05, 4.69) is 97.4 Å². The minimum Gasteiger partial charge on any atom is -0.507 e. The number of carbonyl (C=O) groups excluding carboxylic acids is 2. The Labute approximate surface area is 316 Å². The maximum Gasteiger partial charge on any atom is 0.261 e. The zero-order chi connectivity index (χ0) is 36.6. The molecule has 4 aromatic rings. The molecule has 7 rings (SSSR count). The normalized spacial score (nSPS) is 22.2. The van der Waals surface area contributed by atoms with Crippen molar-refractivity contribution < 1.29 is 23.9 Å². The van der Waals surface area contributed by atoms with Crippen molar-refractivity contribution in [3.8, 4) is 5.75 Å². The third kappa shape index (κ3) is 6.66. The number of rotatable bonds is 10. The zero-order valence-electron chi connectivity index (χ0n) is 30.2. The van der Waals surface area contributed by atoms with E-state index in [0.29, 0.717) is 32.5 Å². The van der Waals surface area contributed by atoms with E-state index in [-0.39, 0.29) is 34.6 Å². The van der Waals surface area contributed by atoms with E-state index in [1.54, 1.807) is 13.1 Å². The lowest BCUT2D eigenvalue weighted by molar-refractivity contribution is -0.138. The molecule has 0 aromatic heterocycles. The summed E-state index contributed by atoms with van der Waals surface area (Å²) in [5.41, 5.74) is 5.10. The maximum absolute atomic E-state index is 13.6. The molecule has 268 valence electrons. The van der Waals surface area contributed by atoms with Gasteiger partial charge in [0, 0.05) is 23.0 Å². The first-order valence-electron chi connectivity index (χ1n) is 18.1. The van der Waals surface area contributed by atoms with Crippen molar-refractivity contribution in [3.05, 3.63) is 136 Å². The van der Waals surface area contributed by atoms with E-state index in [0.717, 1.165) is 32.3 Å². The van der Waals surface area contributed by atoms with Crippen molar-refractivity contribution in [3.63, 3.8) is 0 Å². The summed E-state index contributed by atoms with van der Waals surface area (Å²) in [7, 11) is -1.27. The molecule has 1 N–H and O–H groups in total. The number of likely N-dealkylation sites (tertiary alicyclic amines) is 1. The Balaban J connectivity index is 1.28. The third-order valence-corrected chi connectivity index (χ3v) is 16.7. The Bertz CT molecular complexity index is 1970. The number of ether oxygens (including phenoxy) is 1. The van der Waals surface area contributed by atoms with Crippen LogP contribution in [0.2, 0.25) is 5.04 Å². The molecule has 0 saturated carbocycles. The van der Waals surface area contributed by atoms with Gasteiger partial charge < -0.3 is 14.3 Å². The number of fused-ring (bicyclic) bond motifs is 3. The highest BCUT2D eigenvalue weighted by Crippen LogP contribution is 2.50. The number of phenols is 1. The molecule has 2 amide bonds. The smallest absolute Gasteiger partial charge is 0.261 e. The Morgan fingerprint density at radius 1 is 0.904 bits per heavy atom. The molecule has 6 nitrogen and oxygen atoms in total. The van der Waals surface area contributed by atoms with E-state index in [1.807, 2.05) is 48.5 Å². The van der Waals surface area contributed by atoms with Gasteiger partial charge in [0.05, 0.1) is 31.2 Å². The summed E-state index contributed by atoms with van der Waals surface area (Å²) in [6.07, 6.45) is 3.66. The monoisotopic (exact) mass is 775 g/mol. The summed E-state index contributed by atoms with van der Waals surface area (Å²) >= 11 is 3.56. The number of nitrogens with zero attached hydrogens (tertiary/aromatic N) is 1. The number of halogens is 1. The standard InChI is InChI=1S/C44H46BrNO5Si/c1-44(2,3)52(34-16-10-6-11-17-34,35-18-12-7-13-19-35)51-27-32-26-36-41(43(49)46(4)42(36)48)37-28-50-39(40(32)37)23-20-30(29-14-8-5-9-15-29)24-31-25-33(45)21-22-38(31)47/h5-19,21-22,24-25,36-37,39,41,47H,20,23,26-28H2,1-4H3/b30-24-/t36-,37+,39-,41-/m1/s1. The number of hydrogen-bond donors (Lipinski definition) is 1. The number of phenolic OH excluding ortho intramolecular Hbond substituents is 1. The fraction of sp³-hybridized carbons (Fsp3) is 0.318. The summed E-state index contributed by atoms with van der Waals surface area (Å²) < 4.78 is 15.0. The van der Waals surface area contributed by atoms with Gasteiger partial charge in [-0.05, 0) is 81.2 Å². The first-order valence-corrected chi connectivity index (χ1v) is 20.8. The Kier molecular flexibility index (Phi) is 10.3. The predicted molar refractivity (Wildman–Crippen MR) is 213 cm³/mol. The van der Waals surface area contributed by atoms with Gasteiger partial charge in [-0.25, -0.2) is 0 Å². The molecule has 0 radical (unpaired) electrons. The molecule has 0 unspecified atom stereocenters. The lowest BCUT2D eigenvalue weighted by atomic mass is 9.69. The van der Waals surface area contributed by atoms with Crippen molar-refractivity contribution in [2.75, 3.05) is 20.3 Å². The zero-order valence-corrected chi connectivity index (χ0v) is 32.8. The Morgan fingerprint density at radius 3 is 2.13 bits per heavy atom. The van der Waals surface area contributed by atoms with Crippen LogP contribution in [0.4, 0.5) is 0 Å². The summed E-state index contributed by atoms with van der Waals surface area (Å²) in [6.45, 7) is 7.57. The van der Waals surface area contributed by atoms with Crippen LogP contribution in [-0.4, -0.2) is 56.5 Å². The Hall–Kier alpha value is -4.08. The van der Waals surface area contributed by atoms with Crippen LogP contribution in [0.1, 0.15) is 51.2 Å². The summed E-state index contributed by atoms with van der Waals surface area (Å²) in [4.78, 5) is 28.5. The lowest BCUT2D eigenvalue weighted by Crippen LogP contribution is -2.66. The van der Waals surface area contributed by atoms with E-state index >= 15 is 0 Å². The molecule has 2 heterocycles. The van der Waals surface area contributed by atoms with Gasteiger partial charge >= 0.3 is 0 Å². The van der Waals surface area contributed by atoms with E-state index in [9.17, 15) is 14.7 Å². The molecule has 0 spiro atoms. The first kappa shape index (κ1) is 36.3. The number of hydrogen-bond acceptors (Lipinski definition) is 5. The van der Waals surface area contributed by atoms with E-state index in [1.165, 1.54) is 15.3 Å². The number of benzene rings is 4. The van der Waals surface area contributed by atoms with E-state index in [4.69, 9.17) is 9.16 Å². The average Bonchev–Trinajstić information content (AvgIpc) is 3.67. The summed E-state index contributed by atoms with van der Waals surface area (Å²) in [5, 5.41) is 12.9. The van der Waals surface area contributed by atoms with Gasteiger partial charge in [-0.15, -0.1) is 0 Å². The average molecular weight is 777 g/mol. The quantitative estimate of drug-likeness (QED) is 0.0766. The predicted octanol–water partition coefficient (Wildman–Crippen LogP) is 8.00. The molecule has 4 atom stereocenters. The van der Waals surface area contributed by atoms with Crippen LogP contribution in [0.25, 0.3) is 11.6 Å². The molecule has 2 aliphatic heterocycles. The van der Waals surface area contributed by atoms with Gasteiger partial charge in [0.15, 0.2) is 0 Å². The van der Waals surface area contributed by atoms with Gasteiger partial charge in [-0.2, -0.15) is 0 Å². The number of aromatic hydroxyl groups is 1. The highest BCUT2D eigenvalue weighted by molar-refractivity contribution is 9.10. The highest BCUT2D eigenvalue weighted by atomic mass is 79.9. The fourth-order valence-electron chi connectivity index (χ4n) is 8.79. The number of allylic oxidation sites excluding steroid dienone is 1. The van der Waals surface area contributed by atoms with E-state index < -0.39 is 20.2 Å². The lowest BCUT2D eigenvalue weighted by Gasteiger charge is -2.44. The van der Waals surface area contributed by atoms with Crippen LogP contribution in [0.15, 0.2) is 125 Å². The van der Waals surface area contributed by atoms with Crippen LogP contribution >= 0.6 is 15.9 Å². The van der Waals surface area contributed by atoms with Gasteiger partial charge in [-0.3, -0.25) is 14.5 Å². The van der Waals surface area contributed by atoms with Crippen molar-refractivity contribution in [2.24, 2.45) is 17.8 Å². The molecule has 0 bridgehead atoms. The largest absolute Gasteiger partial charge is 0.507 e. The third-order valence-electron chi connectivity index (χ3n) is 11.2. The molecule has 2 saturated heterocycles. The summed E-state index contributed by atoms with van der Waals surface area (Å²) in [5.74, 6) is -1.01. The van der Waals surface area contributed by atoms with Crippen LogP contribution in [0, 0.1) is 17.8 Å². The highest BCUT2D eigenvalue weighted by Gasteiger charge is 2.57. The van der Waals surface area contributed by atoms with Crippen molar-refractivity contribution in [1.82, 2.24) is 4.90 Å². The molecule has 2 fully saturated rings. The molecular weight excluding hydrogens is 730 g/mol. The minimum atomic E-state index is -2.88. The van der Waals surface area contributed by atoms with Gasteiger partial charge in [0.1, 0.15) is 5.75 Å². The van der Waals surface area contributed by atoms with Gasteiger partial charge in [-0.1, -0.05) is 128 Å². The Morgan fingerprint density at radius 2 is 1.52 bits per heavy atom. The molecule has 8 heteroatoms. The van der Waals surface area contributed by atoms with Crippen LogP contribution in [0.3, 0.4) is 0 Å². The van der Waals surface area contributed by atoms with Crippen LogP contribution in [-0.2, 0) is 18.8 Å². The maximum atomic E-state index is 13.6. The van der Waals surface area contributed by atoms with Gasteiger partial charge in [0.25, 0.3) is 8.32 Å². The molecule has 3 aliphatic rings. The molecule has 4 aromatic carbocycles. The molecule has 1 aliphatic carbocycles. The number of imide groups is 1.